The van der Waals surface area contributed by atoms with E-state index in [9.17, 15) is 14.4 Å². The molecular formula is C41H66O7. The Morgan fingerprint density at radius 1 is 0.667 bits per heavy atom. The number of hydrogen-bond donors (Lipinski definition) is 0. The Balaban J connectivity index is 1.16. The summed E-state index contributed by atoms with van der Waals surface area (Å²) in [6.45, 7) is 22.4. The van der Waals surface area contributed by atoms with E-state index in [2.05, 4.69) is 48.5 Å². The number of fused-ring (bicyclic) bond motifs is 7. The number of hydrogen-bond acceptors (Lipinski definition) is 7. The lowest BCUT2D eigenvalue weighted by molar-refractivity contribution is -0.241. The maximum absolute atomic E-state index is 12.1. The Labute approximate surface area is 290 Å². The van der Waals surface area contributed by atoms with Crippen LogP contribution in [0, 0.1) is 62.6 Å². The molecule has 0 N–H and O–H groups in total. The van der Waals surface area contributed by atoms with Gasteiger partial charge in [0.1, 0.15) is 6.10 Å². The van der Waals surface area contributed by atoms with Gasteiger partial charge in [-0.2, -0.15) is 0 Å². The number of rotatable bonds is 7. The minimum absolute atomic E-state index is 0.370. The molecule has 7 heteroatoms. The first-order valence-corrected chi connectivity index (χ1v) is 19.5. The van der Waals surface area contributed by atoms with Crippen molar-refractivity contribution in [1.82, 2.24) is 0 Å². The second-order valence-electron chi connectivity index (χ2n) is 19.2. The van der Waals surface area contributed by atoms with E-state index in [1.54, 1.807) is 0 Å². The zero-order chi connectivity index (χ0) is 35.0. The fourth-order valence-corrected chi connectivity index (χ4v) is 14.5. The Morgan fingerprint density at radius 3 is 1.88 bits per heavy atom. The molecule has 14 atom stereocenters. The summed E-state index contributed by atoms with van der Waals surface area (Å²) in [6, 6.07) is 0. The third kappa shape index (κ3) is 5.67. The first-order chi connectivity index (χ1) is 22.4. The molecule has 6 fully saturated rings. The van der Waals surface area contributed by atoms with E-state index in [4.69, 9.17) is 18.9 Å². The molecule has 1 heterocycles. The van der Waals surface area contributed by atoms with Crippen LogP contribution in [0.1, 0.15) is 153 Å². The lowest BCUT2D eigenvalue weighted by Crippen LogP contribution is -2.65. The normalized spacial score (nSPS) is 48.2. The number of carbonyl (C=O) groups is 3. The molecule has 5 saturated carbocycles. The number of ether oxygens (including phenoxy) is 4. The van der Waals surface area contributed by atoms with Crippen molar-refractivity contribution in [2.75, 3.05) is 0 Å². The zero-order valence-corrected chi connectivity index (χ0v) is 31.8. The molecule has 6 rings (SSSR count). The minimum Gasteiger partial charge on any atom is -0.456 e. The van der Waals surface area contributed by atoms with E-state index < -0.39 is 42.5 Å². The van der Waals surface area contributed by atoms with Gasteiger partial charge in [-0.15, -0.1) is 0 Å². The topological polar surface area (TPSA) is 88.1 Å². The molecule has 0 aromatic carbocycles. The first-order valence-electron chi connectivity index (χ1n) is 19.5. The fraction of sp³-hybridized carbons (Fsp3) is 0.927. The molecule has 0 aromatic heterocycles. The SMILES string of the molecule is CC(=O)O[C@@H]1O[C@H](CC[C@@H](C)[C@H]2CC[C@]3(C)[C@H]4CC[C@@H]5[C@@]6(C)CCCC(C)(C)[C@@H]6CC[C@@]5(C)[C@]4(C)CC[C@@H]23)[C@@H](OC(C)=O)[C@H]1OC(C)=O. The van der Waals surface area contributed by atoms with Crippen molar-refractivity contribution in [2.45, 2.75) is 177 Å². The molecule has 0 aromatic rings. The van der Waals surface area contributed by atoms with Crippen molar-refractivity contribution in [3.05, 3.63) is 0 Å². The highest BCUT2D eigenvalue weighted by molar-refractivity contribution is 5.68. The largest absolute Gasteiger partial charge is 0.456 e. The van der Waals surface area contributed by atoms with Gasteiger partial charge in [0.2, 0.25) is 12.4 Å². The van der Waals surface area contributed by atoms with Crippen LogP contribution in [0.4, 0.5) is 0 Å². The predicted molar refractivity (Wildman–Crippen MR) is 184 cm³/mol. The van der Waals surface area contributed by atoms with Crippen molar-refractivity contribution in [2.24, 2.45) is 62.6 Å². The van der Waals surface area contributed by atoms with E-state index >= 15 is 0 Å². The van der Waals surface area contributed by atoms with Crippen LogP contribution in [0.15, 0.2) is 0 Å². The highest BCUT2D eigenvalue weighted by Crippen LogP contribution is 2.78. The van der Waals surface area contributed by atoms with Crippen molar-refractivity contribution in [3.8, 4) is 0 Å². The summed E-state index contributed by atoms with van der Waals surface area (Å²) in [5.41, 5.74) is 2.11. The molecule has 5 aliphatic carbocycles. The van der Waals surface area contributed by atoms with Crippen molar-refractivity contribution in [3.63, 3.8) is 0 Å². The summed E-state index contributed by atoms with van der Waals surface area (Å²) >= 11 is 0. The second kappa shape index (κ2) is 12.5. The summed E-state index contributed by atoms with van der Waals surface area (Å²) in [4.78, 5) is 35.9. The van der Waals surface area contributed by atoms with E-state index in [0.717, 1.165) is 30.1 Å². The molecule has 0 bridgehead atoms. The van der Waals surface area contributed by atoms with Gasteiger partial charge in [-0.3, -0.25) is 14.4 Å². The average molecular weight is 671 g/mol. The minimum atomic E-state index is -1.09. The molecular weight excluding hydrogens is 604 g/mol. The maximum Gasteiger partial charge on any atom is 0.305 e. The van der Waals surface area contributed by atoms with Crippen LogP contribution >= 0.6 is 0 Å². The van der Waals surface area contributed by atoms with Crippen molar-refractivity contribution in [1.29, 1.82) is 0 Å². The van der Waals surface area contributed by atoms with Crippen molar-refractivity contribution >= 4 is 17.9 Å². The first kappa shape index (κ1) is 36.2. The summed E-state index contributed by atoms with van der Waals surface area (Å²) in [5.74, 6) is 2.79. The van der Waals surface area contributed by atoms with E-state index in [0.29, 0.717) is 45.3 Å². The summed E-state index contributed by atoms with van der Waals surface area (Å²) in [6.07, 6.45) is 13.3. The highest BCUT2D eigenvalue weighted by Gasteiger charge is 2.70. The average Bonchev–Trinajstić information content (AvgIpc) is 3.47. The Bertz CT molecular complexity index is 1260. The van der Waals surface area contributed by atoms with Crippen LogP contribution in [0.25, 0.3) is 0 Å². The lowest BCUT2D eigenvalue weighted by Gasteiger charge is -2.73. The molecule has 0 radical (unpaired) electrons. The van der Waals surface area contributed by atoms with Gasteiger partial charge in [-0.25, -0.2) is 0 Å². The van der Waals surface area contributed by atoms with Crippen LogP contribution in [0.5, 0.6) is 0 Å². The Hall–Kier alpha value is -1.63. The van der Waals surface area contributed by atoms with Gasteiger partial charge in [0, 0.05) is 20.8 Å². The van der Waals surface area contributed by atoms with Crippen LogP contribution in [0.3, 0.4) is 0 Å². The van der Waals surface area contributed by atoms with Crippen LogP contribution in [-0.2, 0) is 33.3 Å². The van der Waals surface area contributed by atoms with Crippen LogP contribution in [-0.4, -0.2) is 42.5 Å². The zero-order valence-electron chi connectivity index (χ0n) is 31.8. The quantitative estimate of drug-likeness (QED) is 0.197. The molecule has 0 amide bonds. The molecule has 272 valence electrons. The molecule has 1 saturated heterocycles. The summed E-state index contributed by atoms with van der Waals surface area (Å²) < 4.78 is 22.7. The Morgan fingerprint density at radius 2 is 1.25 bits per heavy atom. The van der Waals surface area contributed by atoms with E-state index in [1.165, 1.54) is 91.4 Å². The van der Waals surface area contributed by atoms with Gasteiger partial charge < -0.3 is 18.9 Å². The third-order valence-electron chi connectivity index (χ3n) is 16.6. The smallest absolute Gasteiger partial charge is 0.305 e. The van der Waals surface area contributed by atoms with Gasteiger partial charge >= 0.3 is 17.9 Å². The number of carbonyl (C=O) groups excluding carboxylic acids is 3. The molecule has 0 unspecified atom stereocenters. The summed E-state index contributed by atoms with van der Waals surface area (Å²) in [7, 11) is 0. The van der Waals surface area contributed by atoms with Crippen molar-refractivity contribution < 1.29 is 33.3 Å². The lowest BCUT2D eigenvalue weighted by atomic mass is 9.32. The van der Waals surface area contributed by atoms with E-state index in [1.807, 2.05) is 0 Å². The highest BCUT2D eigenvalue weighted by atomic mass is 16.7. The molecule has 0 spiro atoms. The Kier molecular flexibility index (Phi) is 9.46. The molecule has 7 nitrogen and oxygen atoms in total. The molecule has 1 aliphatic heterocycles. The molecule has 6 aliphatic rings. The third-order valence-corrected chi connectivity index (χ3v) is 16.6. The summed E-state index contributed by atoms with van der Waals surface area (Å²) in [5, 5.41) is 0. The van der Waals surface area contributed by atoms with Crippen LogP contribution in [0.2, 0.25) is 0 Å². The predicted octanol–water partition coefficient (Wildman–Crippen LogP) is 9.05. The second-order valence-corrected chi connectivity index (χ2v) is 19.2. The van der Waals surface area contributed by atoms with E-state index in [-0.39, 0.29) is 0 Å². The monoisotopic (exact) mass is 670 g/mol. The van der Waals surface area contributed by atoms with Gasteiger partial charge in [-0.05, 0) is 140 Å². The maximum atomic E-state index is 12.1. The van der Waals surface area contributed by atoms with Gasteiger partial charge in [0.15, 0.2) is 6.10 Å². The fourth-order valence-electron chi connectivity index (χ4n) is 14.5. The van der Waals surface area contributed by atoms with Crippen LogP contribution < -0.4 is 0 Å². The van der Waals surface area contributed by atoms with Gasteiger partial charge in [0.05, 0.1) is 0 Å². The standard InChI is InChI=1S/C41H66O7/c1-24(12-13-30-34(45-25(2)42)35(46-26(3)43)36(48-30)47-27(4)44)28-16-21-38(7)29(28)17-22-40(9)32(38)14-15-33-39(8)20-11-19-37(5,6)31(39)18-23-41(33,40)10/h24,28-36H,11-23H2,1-10H3/t24-,28-,29+,30-,31+,32-,33-,34-,35-,36-,38+,39+,40-,41-/m1/s1. The molecule has 48 heavy (non-hydrogen) atoms. The van der Waals surface area contributed by atoms with Gasteiger partial charge in [0.25, 0.3) is 0 Å². The number of esters is 3. The van der Waals surface area contributed by atoms with Gasteiger partial charge in [-0.1, -0.05) is 54.9 Å².